The van der Waals surface area contributed by atoms with Crippen LogP contribution in [0.4, 0.5) is 4.39 Å². The highest BCUT2D eigenvalue weighted by Crippen LogP contribution is 2.24. The lowest BCUT2D eigenvalue weighted by molar-refractivity contribution is 0.0690. The maximum atomic E-state index is 13.1. The zero-order valence-corrected chi connectivity index (χ0v) is 11.7. The summed E-state index contributed by atoms with van der Waals surface area (Å²) in [6.07, 6.45) is 1.43. The Bertz CT molecular complexity index is 685. The maximum Gasteiger partial charge on any atom is 0.358 e. The zero-order chi connectivity index (χ0) is 15.0. The number of halogens is 2. The molecule has 1 saturated heterocycles. The summed E-state index contributed by atoms with van der Waals surface area (Å²) in [4.78, 5) is 12.9. The molecule has 1 N–H and O–H groups in total. The molecule has 0 bridgehead atoms. The number of aromatic carboxylic acids is 1. The predicted molar refractivity (Wildman–Crippen MR) is 72.7 cm³/mol. The van der Waals surface area contributed by atoms with Gasteiger partial charge in [-0.05, 0) is 17.7 Å². The average molecular weight is 311 g/mol. The molecule has 0 radical (unpaired) electrons. The predicted octanol–water partition coefficient (Wildman–Crippen LogP) is 1.83. The van der Waals surface area contributed by atoms with E-state index >= 15 is 0 Å². The van der Waals surface area contributed by atoms with Crippen molar-refractivity contribution in [1.29, 1.82) is 0 Å². The lowest BCUT2D eigenvalue weighted by Crippen LogP contribution is -2.47. The molecule has 110 valence electrons. The van der Waals surface area contributed by atoms with Crippen LogP contribution in [0.5, 0.6) is 0 Å². The van der Waals surface area contributed by atoms with Gasteiger partial charge in [-0.15, -0.1) is 5.10 Å². The fourth-order valence-electron chi connectivity index (χ4n) is 2.29. The number of benzene rings is 1. The van der Waals surface area contributed by atoms with E-state index in [2.05, 4.69) is 15.2 Å². The van der Waals surface area contributed by atoms with E-state index in [0.29, 0.717) is 6.54 Å². The van der Waals surface area contributed by atoms with Crippen molar-refractivity contribution in [3.8, 4) is 0 Å². The van der Waals surface area contributed by atoms with Gasteiger partial charge in [0.15, 0.2) is 5.69 Å². The minimum absolute atomic E-state index is 0.0567. The Hall–Kier alpha value is -1.99. The number of hydrogen-bond donors (Lipinski definition) is 1. The second kappa shape index (κ2) is 5.42. The lowest BCUT2D eigenvalue weighted by atomic mass is 10.1. The fraction of sp³-hybridized carbons (Fsp3) is 0.308. The van der Waals surface area contributed by atoms with Crippen molar-refractivity contribution in [2.45, 2.75) is 12.6 Å². The molecule has 1 fully saturated rings. The standard InChI is InChI=1S/C13H12ClFN4O2/c14-10-3-8(1-2-11(10)15)4-18-5-9(6-18)19-7-12(13(20)21)16-17-19/h1-3,7,9H,4-6H2,(H,20,21). The molecule has 2 aromatic rings. The van der Waals surface area contributed by atoms with Crippen LogP contribution >= 0.6 is 11.6 Å². The summed E-state index contributed by atoms with van der Waals surface area (Å²) in [5.74, 6) is -1.51. The summed E-state index contributed by atoms with van der Waals surface area (Å²) in [6, 6.07) is 4.78. The number of aromatic nitrogens is 3. The molecule has 8 heteroatoms. The third-order valence-electron chi connectivity index (χ3n) is 3.43. The van der Waals surface area contributed by atoms with Crippen LogP contribution in [0.25, 0.3) is 0 Å². The maximum absolute atomic E-state index is 13.1. The highest BCUT2D eigenvalue weighted by molar-refractivity contribution is 6.30. The largest absolute Gasteiger partial charge is 0.476 e. The Morgan fingerprint density at radius 3 is 2.86 bits per heavy atom. The summed E-state index contributed by atoms with van der Waals surface area (Å²) in [6.45, 7) is 2.13. The van der Waals surface area contributed by atoms with E-state index in [1.807, 2.05) is 0 Å². The van der Waals surface area contributed by atoms with Gasteiger partial charge in [-0.25, -0.2) is 13.9 Å². The molecule has 0 atom stereocenters. The number of likely N-dealkylation sites (tertiary alicyclic amines) is 1. The van der Waals surface area contributed by atoms with E-state index in [9.17, 15) is 9.18 Å². The first kappa shape index (κ1) is 14.0. The Morgan fingerprint density at radius 2 is 2.24 bits per heavy atom. The molecule has 3 rings (SSSR count). The molecule has 0 aliphatic carbocycles. The van der Waals surface area contributed by atoms with Gasteiger partial charge in [0.2, 0.25) is 0 Å². The normalized spacial score (nSPS) is 15.9. The van der Waals surface area contributed by atoms with Crippen LogP contribution in [0.1, 0.15) is 22.1 Å². The summed E-state index contributed by atoms with van der Waals surface area (Å²) in [5, 5.41) is 16.3. The van der Waals surface area contributed by atoms with Gasteiger partial charge in [-0.1, -0.05) is 22.9 Å². The van der Waals surface area contributed by atoms with Gasteiger partial charge in [0.1, 0.15) is 5.82 Å². The minimum Gasteiger partial charge on any atom is -0.476 e. The molecule has 21 heavy (non-hydrogen) atoms. The van der Waals surface area contributed by atoms with Gasteiger partial charge < -0.3 is 5.11 Å². The summed E-state index contributed by atoms with van der Waals surface area (Å²) in [5.41, 5.74) is 0.878. The summed E-state index contributed by atoms with van der Waals surface area (Å²) >= 11 is 5.74. The Kier molecular flexibility index (Phi) is 3.60. The Morgan fingerprint density at radius 1 is 1.48 bits per heavy atom. The number of hydrogen-bond acceptors (Lipinski definition) is 4. The molecule has 0 amide bonds. The van der Waals surface area contributed by atoms with Crippen LogP contribution in [-0.4, -0.2) is 44.1 Å². The van der Waals surface area contributed by atoms with Crippen molar-refractivity contribution in [2.24, 2.45) is 0 Å². The number of rotatable bonds is 4. The van der Waals surface area contributed by atoms with Gasteiger partial charge in [-0.2, -0.15) is 0 Å². The van der Waals surface area contributed by atoms with Crippen LogP contribution in [0.3, 0.4) is 0 Å². The molecular weight excluding hydrogens is 299 g/mol. The van der Waals surface area contributed by atoms with Crippen molar-refractivity contribution in [2.75, 3.05) is 13.1 Å². The number of carbonyl (C=O) groups is 1. The van der Waals surface area contributed by atoms with Crippen LogP contribution in [0.15, 0.2) is 24.4 Å². The molecular formula is C13H12ClFN4O2. The molecule has 1 aliphatic heterocycles. The zero-order valence-electron chi connectivity index (χ0n) is 10.9. The molecule has 1 aromatic carbocycles. The molecule has 1 aliphatic rings. The third-order valence-corrected chi connectivity index (χ3v) is 3.72. The van der Waals surface area contributed by atoms with Gasteiger partial charge >= 0.3 is 5.97 Å². The SMILES string of the molecule is O=C(O)c1cn(C2CN(Cc3ccc(F)c(Cl)c3)C2)nn1. The molecule has 0 unspecified atom stereocenters. The van der Waals surface area contributed by atoms with Crippen LogP contribution in [0.2, 0.25) is 5.02 Å². The number of carboxylic acid groups (broad SMARTS) is 1. The van der Waals surface area contributed by atoms with Gasteiger partial charge in [0.05, 0.1) is 17.3 Å². The fourth-order valence-corrected chi connectivity index (χ4v) is 2.49. The average Bonchev–Trinajstić information content (AvgIpc) is 2.87. The Balaban J connectivity index is 1.57. The second-order valence-corrected chi connectivity index (χ2v) is 5.39. The van der Waals surface area contributed by atoms with Crippen LogP contribution in [-0.2, 0) is 6.54 Å². The van der Waals surface area contributed by atoms with Crippen LogP contribution < -0.4 is 0 Å². The Labute approximate surface area is 124 Å². The quantitative estimate of drug-likeness (QED) is 0.933. The van der Waals surface area contributed by atoms with Crippen molar-refractivity contribution in [3.63, 3.8) is 0 Å². The highest BCUT2D eigenvalue weighted by Gasteiger charge is 2.29. The molecule has 2 heterocycles. The first-order chi connectivity index (χ1) is 10.0. The molecule has 0 saturated carbocycles. The van der Waals surface area contributed by atoms with Crippen molar-refractivity contribution in [1.82, 2.24) is 19.9 Å². The number of carboxylic acids is 1. The second-order valence-electron chi connectivity index (χ2n) is 4.99. The van der Waals surface area contributed by atoms with Crippen LogP contribution in [0, 0.1) is 5.82 Å². The smallest absolute Gasteiger partial charge is 0.358 e. The van der Waals surface area contributed by atoms with Gasteiger partial charge in [0, 0.05) is 19.6 Å². The molecule has 1 aromatic heterocycles. The van der Waals surface area contributed by atoms with Crippen molar-refractivity contribution in [3.05, 3.63) is 46.5 Å². The highest BCUT2D eigenvalue weighted by atomic mass is 35.5. The molecule has 0 spiro atoms. The van der Waals surface area contributed by atoms with E-state index in [1.165, 1.54) is 12.3 Å². The van der Waals surface area contributed by atoms with E-state index in [4.69, 9.17) is 16.7 Å². The van der Waals surface area contributed by atoms with E-state index in [1.54, 1.807) is 16.8 Å². The van der Waals surface area contributed by atoms with Crippen molar-refractivity contribution < 1.29 is 14.3 Å². The first-order valence-corrected chi connectivity index (χ1v) is 6.72. The molecule has 6 nitrogen and oxygen atoms in total. The van der Waals surface area contributed by atoms with E-state index < -0.39 is 11.8 Å². The summed E-state index contributed by atoms with van der Waals surface area (Å²) in [7, 11) is 0. The monoisotopic (exact) mass is 310 g/mol. The minimum atomic E-state index is -1.08. The van der Waals surface area contributed by atoms with E-state index in [0.717, 1.165) is 18.7 Å². The van der Waals surface area contributed by atoms with Crippen molar-refractivity contribution >= 4 is 17.6 Å². The topological polar surface area (TPSA) is 71.2 Å². The van der Waals surface area contributed by atoms with E-state index in [-0.39, 0.29) is 16.8 Å². The number of nitrogens with zero attached hydrogens (tertiary/aromatic N) is 4. The lowest BCUT2D eigenvalue weighted by Gasteiger charge is -2.38. The van der Waals surface area contributed by atoms with Gasteiger partial charge in [0.25, 0.3) is 0 Å². The van der Waals surface area contributed by atoms with Gasteiger partial charge in [-0.3, -0.25) is 4.90 Å². The summed E-state index contributed by atoms with van der Waals surface area (Å²) < 4.78 is 14.6. The first-order valence-electron chi connectivity index (χ1n) is 6.34. The third kappa shape index (κ3) is 2.88.